The molecule has 2 atom stereocenters. The van der Waals surface area contributed by atoms with Gasteiger partial charge in [-0.15, -0.1) is 12.4 Å². The molecule has 1 heterocycles. The summed E-state index contributed by atoms with van der Waals surface area (Å²) in [5, 5.41) is 3.48. The molecule has 128 valence electrons. The zero-order valence-corrected chi connectivity index (χ0v) is 15.4. The second kappa shape index (κ2) is 8.95. The third-order valence-corrected chi connectivity index (χ3v) is 5.86. The number of carbonyl (C=O) groups is 1. The lowest BCUT2D eigenvalue weighted by Gasteiger charge is -2.32. The van der Waals surface area contributed by atoms with Crippen molar-refractivity contribution in [3.8, 4) is 0 Å². The van der Waals surface area contributed by atoms with Crippen LogP contribution in [0.15, 0.2) is 30.3 Å². The molecule has 0 spiro atoms. The molecule has 2 aliphatic rings. The van der Waals surface area contributed by atoms with Crippen molar-refractivity contribution < 1.29 is 4.79 Å². The summed E-state index contributed by atoms with van der Waals surface area (Å²) >= 11 is 1.95. The standard InChI is InChI=1S/C18H26N2OS.ClH/c1-14(16-7-8-16)20(12-15-5-3-2-4-6-15)18(21)11-17-13-22-10-9-19-17;/h2-6,14,16-17,19H,7-13H2,1H3;1H. The van der Waals surface area contributed by atoms with E-state index < -0.39 is 0 Å². The van der Waals surface area contributed by atoms with Gasteiger partial charge in [-0.05, 0) is 31.2 Å². The second-order valence-corrected chi connectivity index (χ2v) is 7.67. The average molecular weight is 355 g/mol. The number of hydrogen-bond donors (Lipinski definition) is 1. The van der Waals surface area contributed by atoms with Gasteiger partial charge < -0.3 is 10.2 Å². The van der Waals surface area contributed by atoms with Crippen LogP contribution >= 0.6 is 24.2 Å². The minimum Gasteiger partial charge on any atom is -0.335 e. The number of nitrogens with zero attached hydrogens (tertiary/aromatic N) is 1. The van der Waals surface area contributed by atoms with Crippen molar-refractivity contribution in [2.24, 2.45) is 5.92 Å². The number of amides is 1. The number of carbonyl (C=O) groups excluding carboxylic acids is 1. The number of halogens is 1. The smallest absolute Gasteiger partial charge is 0.224 e. The molecule has 2 unspecified atom stereocenters. The molecule has 1 saturated carbocycles. The first kappa shape index (κ1) is 18.6. The van der Waals surface area contributed by atoms with Crippen LogP contribution in [0, 0.1) is 5.92 Å². The van der Waals surface area contributed by atoms with Crippen molar-refractivity contribution in [3.05, 3.63) is 35.9 Å². The summed E-state index contributed by atoms with van der Waals surface area (Å²) in [5.41, 5.74) is 1.23. The lowest BCUT2D eigenvalue weighted by Crippen LogP contribution is -2.45. The summed E-state index contributed by atoms with van der Waals surface area (Å²) in [6.07, 6.45) is 3.19. The first-order valence-corrected chi connectivity index (χ1v) is 9.54. The summed E-state index contributed by atoms with van der Waals surface area (Å²) in [7, 11) is 0. The van der Waals surface area contributed by atoms with Gasteiger partial charge in [0.25, 0.3) is 0 Å². The van der Waals surface area contributed by atoms with E-state index in [0.717, 1.165) is 24.6 Å². The highest BCUT2D eigenvalue weighted by molar-refractivity contribution is 7.99. The van der Waals surface area contributed by atoms with Gasteiger partial charge in [0.2, 0.25) is 5.91 Å². The molecule has 1 saturated heterocycles. The summed E-state index contributed by atoms with van der Waals surface area (Å²) in [6.45, 7) is 4.00. The fraction of sp³-hybridized carbons (Fsp3) is 0.611. The van der Waals surface area contributed by atoms with Crippen LogP contribution in [-0.4, -0.2) is 40.9 Å². The molecule has 5 heteroatoms. The van der Waals surface area contributed by atoms with Crippen LogP contribution in [0.4, 0.5) is 0 Å². The molecule has 1 amide bonds. The molecule has 0 radical (unpaired) electrons. The molecule has 0 bridgehead atoms. The van der Waals surface area contributed by atoms with Crippen molar-refractivity contribution >= 4 is 30.1 Å². The fourth-order valence-corrected chi connectivity index (χ4v) is 4.10. The molecular weight excluding hydrogens is 328 g/mol. The van der Waals surface area contributed by atoms with E-state index >= 15 is 0 Å². The predicted octanol–water partition coefficient (Wildman–Crippen LogP) is 3.33. The van der Waals surface area contributed by atoms with E-state index in [9.17, 15) is 4.79 Å². The molecule has 3 nitrogen and oxygen atoms in total. The van der Waals surface area contributed by atoms with Gasteiger partial charge in [0.05, 0.1) is 0 Å². The molecule has 1 aliphatic carbocycles. The number of rotatable bonds is 6. The molecule has 23 heavy (non-hydrogen) atoms. The lowest BCUT2D eigenvalue weighted by atomic mass is 10.1. The second-order valence-electron chi connectivity index (χ2n) is 6.52. The Kier molecular flexibility index (Phi) is 7.25. The summed E-state index contributed by atoms with van der Waals surface area (Å²) in [6, 6.07) is 11.1. The van der Waals surface area contributed by atoms with Crippen molar-refractivity contribution in [1.82, 2.24) is 10.2 Å². The van der Waals surface area contributed by atoms with Crippen LogP contribution < -0.4 is 5.32 Å². The fourth-order valence-electron chi connectivity index (χ4n) is 3.15. The molecule has 3 rings (SSSR count). The molecule has 0 aromatic heterocycles. The van der Waals surface area contributed by atoms with E-state index in [4.69, 9.17) is 0 Å². The Hall–Kier alpha value is -0.710. The Labute approximate surface area is 150 Å². The first-order valence-electron chi connectivity index (χ1n) is 8.38. The Balaban J connectivity index is 0.00000192. The highest BCUT2D eigenvalue weighted by atomic mass is 35.5. The van der Waals surface area contributed by atoms with Crippen LogP contribution in [0.1, 0.15) is 31.7 Å². The van der Waals surface area contributed by atoms with Crippen LogP contribution in [-0.2, 0) is 11.3 Å². The van der Waals surface area contributed by atoms with Gasteiger partial charge >= 0.3 is 0 Å². The quantitative estimate of drug-likeness (QED) is 0.850. The summed E-state index contributed by atoms with van der Waals surface area (Å²) in [4.78, 5) is 15.0. The normalized spacial score (nSPS) is 22.0. The molecule has 1 aromatic carbocycles. The number of nitrogens with one attached hydrogen (secondary N) is 1. The van der Waals surface area contributed by atoms with Crippen LogP contribution in [0.5, 0.6) is 0 Å². The molecule has 1 aromatic rings. The highest BCUT2D eigenvalue weighted by Crippen LogP contribution is 2.36. The van der Waals surface area contributed by atoms with Crippen LogP contribution in [0.3, 0.4) is 0 Å². The zero-order valence-electron chi connectivity index (χ0n) is 13.7. The Morgan fingerprint density at radius 1 is 1.35 bits per heavy atom. The average Bonchev–Trinajstić information content (AvgIpc) is 3.39. The van der Waals surface area contributed by atoms with E-state index in [-0.39, 0.29) is 12.4 Å². The largest absolute Gasteiger partial charge is 0.335 e. The van der Waals surface area contributed by atoms with Gasteiger partial charge in [-0.1, -0.05) is 30.3 Å². The SMILES string of the molecule is CC(C1CC1)N(Cc1ccccc1)C(=O)CC1CSCCN1.Cl. The number of thioether (sulfide) groups is 1. The van der Waals surface area contributed by atoms with E-state index in [1.54, 1.807) is 0 Å². The minimum atomic E-state index is 0. The minimum absolute atomic E-state index is 0. The number of benzene rings is 1. The van der Waals surface area contributed by atoms with Gasteiger partial charge in [0, 0.05) is 43.1 Å². The van der Waals surface area contributed by atoms with Crippen LogP contribution in [0.2, 0.25) is 0 Å². The van der Waals surface area contributed by atoms with Gasteiger partial charge in [0.15, 0.2) is 0 Å². The highest BCUT2D eigenvalue weighted by Gasteiger charge is 2.34. The third-order valence-electron chi connectivity index (χ3n) is 4.73. The molecule has 2 fully saturated rings. The maximum atomic E-state index is 12.9. The first-order chi connectivity index (χ1) is 10.7. The Morgan fingerprint density at radius 3 is 2.70 bits per heavy atom. The Bertz CT molecular complexity index is 489. The zero-order chi connectivity index (χ0) is 15.4. The van der Waals surface area contributed by atoms with Gasteiger partial charge in [-0.2, -0.15) is 11.8 Å². The lowest BCUT2D eigenvalue weighted by molar-refractivity contribution is -0.134. The van der Waals surface area contributed by atoms with Gasteiger partial charge in [-0.3, -0.25) is 4.79 Å². The maximum Gasteiger partial charge on any atom is 0.224 e. The van der Waals surface area contributed by atoms with E-state index in [2.05, 4.69) is 41.4 Å². The summed E-state index contributed by atoms with van der Waals surface area (Å²) in [5.74, 6) is 3.24. The summed E-state index contributed by atoms with van der Waals surface area (Å²) < 4.78 is 0. The molecule has 1 aliphatic heterocycles. The van der Waals surface area contributed by atoms with Gasteiger partial charge in [-0.25, -0.2) is 0 Å². The van der Waals surface area contributed by atoms with E-state index in [1.807, 2.05) is 17.8 Å². The molecular formula is C18H27ClN2OS. The van der Waals surface area contributed by atoms with E-state index in [0.29, 0.717) is 30.3 Å². The predicted molar refractivity (Wildman–Crippen MR) is 100 cm³/mol. The number of hydrogen-bond acceptors (Lipinski definition) is 3. The molecule has 1 N–H and O–H groups in total. The van der Waals surface area contributed by atoms with Crippen molar-refractivity contribution in [1.29, 1.82) is 0 Å². The van der Waals surface area contributed by atoms with Crippen molar-refractivity contribution in [3.63, 3.8) is 0 Å². The van der Waals surface area contributed by atoms with E-state index in [1.165, 1.54) is 18.4 Å². The van der Waals surface area contributed by atoms with Crippen molar-refractivity contribution in [2.45, 2.75) is 44.8 Å². The topological polar surface area (TPSA) is 32.3 Å². The van der Waals surface area contributed by atoms with Crippen LogP contribution in [0.25, 0.3) is 0 Å². The van der Waals surface area contributed by atoms with Crippen molar-refractivity contribution in [2.75, 3.05) is 18.1 Å². The Morgan fingerprint density at radius 2 is 2.09 bits per heavy atom. The maximum absolute atomic E-state index is 12.9. The third kappa shape index (κ3) is 5.40. The monoisotopic (exact) mass is 354 g/mol. The van der Waals surface area contributed by atoms with Gasteiger partial charge in [0.1, 0.15) is 0 Å².